The van der Waals surface area contributed by atoms with Crippen molar-refractivity contribution in [3.63, 3.8) is 0 Å². The smallest absolute Gasteiger partial charge is 0.340 e. The summed E-state index contributed by atoms with van der Waals surface area (Å²) in [6.07, 6.45) is 3.33. The summed E-state index contributed by atoms with van der Waals surface area (Å²) >= 11 is 0. The number of hydrogen-bond acceptors (Lipinski definition) is 6. The molecule has 1 atom stereocenters. The third kappa shape index (κ3) is 3.68. The Labute approximate surface area is 177 Å². The van der Waals surface area contributed by atoms with Crippen LogP contribution in [0.5, 0.6) is 5.75 Å². The Morgan fingerprint density at radius 1 is 1.29 bits per heavy atom. The monoisotopic (exact) mass is 421 g/mol. The number of aromatic nitrogens is 2. The number of nitrogens with zero attached hydrogens (tertiary/aromatic N) is 2. The summed E-state index contributed by atoms with van der Waals surface area (Å²) in [6, 6.07) is 10.9. The molecule has 2 aromatic heterocycles. The van der Waals surface area contributed by atoms with Crippen LogP contribution in [0.3, 0.4) is 0 Å². The molecule has 0 aliphatic carbocycles. The minimum Gasteiger partial charge on any atom is -0.465 e. The number of esters is 1. The molecule has 158 valence electrons. The predicted molar refractivity (Wildman–Crippen MR) is 111 cm³/mol. The van der Waals surface area contributed by atoms with E-state index >= 15 is 0 Å². The highest BCUT2D eigenvalue weighted by atomic mass is 19.1. The van der Waals surface area contributed by atoms with Crippen molar-refractivity contribution in [2.24, 2.45) is 5.73 Å². The van der Waals surface area contributed by atoms with E-state index in [-0.39, 0.29) is 34.9 Å². The number of aryl methyl sites for hydroxylation is 1. The summed E-state index contributed by atoms with van der Waals surface area (Å²) in [5.74, 6) is -1.94. The van der Waals surface area contributed by atoms with Crippen LogP contribution in [0.4, 0.5) is 4.39 Å². The van der Waals surface area contributed by atoms with Gasteiger partial charge in [0, 0.05) is 24.2 Å². The third-order valence-electron chi connectivity index (χ3n) is 5.24. The number of benzene rings is 1. The Balaban J connectivity index is 1.94. The molecule has 1 aromatic carbocycles. The highest BCUT2D eigenvalue weighted by Gasteiger charge is 2.38. The predicted octanol–water partition coefficient (Wildman–Crippen LogP) is 2.61. The van der Waals surface area contributed by atoms with Gasteiger partial charge < -0.3 is 19.8 Å². The van der Waals surface area contributed by atoms with Crippen molar-refractivity contribution >= 4 is 5.97 Å². The number of hydrogen-bond donors (Lipinski definition) is 1. The van der Waals surface area contributed by atoms with Crippen molar-refractivity contribution in [3.8, 4) is 5.75 Å². The van der Waals surface area contributed by atoms with Gasteiger partial charge in [-0.3, -0.25) is 9.78 Å². The zero-order valence-electron chi connectivity index (χ0n) is 17.0. The fourth-order valence-corrected chi connectivity index (χ4v) is 3.75. The van der Waals surface area contributed by atoms with Crippen LogP contribution < -0.4 is 16.0 Å². The topological polar surface area (TPSA) is 96.4 Å². The molecule has 8 heteroatoms. The van der Waals surface area contributed by atoms with Crippen LogP contribution in [-0.4, -0.2) is 22.6 Å². The molecule has 0 spiro atoms. The Morgan fingerprint density at radius 3 is 2.68 bits per heavy atom. The van der Waals surface area contributed by atoms with Crippen molar-refractivity contribution < 1.29 is 18.7 Å². The van der Waals surface area contributed by atoms with Gasteiger partial charge in [-0.25, -0.2) is 9.18 Å². The molecule has 1 unspecified atom stereocenters. The van der Waals surface area contributed by atoms with Crippen LogP contribution in [0.15, 0.2) is 71.1 Å². The number of carbonyl (C=O) groups is 1. The summed E-state index contributed by atoms with van der Waals surface area (Å²) in [7, 11) is 1.22. The van der Waals surface area contributed by atoms with E-state index in [4.69, 9.17) is 15.2 Å². The lowest BCUT2D eigenvalue weighted by Crippen LogP contribution is -2.35. The van der Waals surface area contributed by atoms with Gasteiger partial charge in [0.1, 0.15) is 17.1 Å². The molecule has 2 N–H and O–H groups in total. The van der Waals surface area contributed by atoms with E-state index in [1.807, 2.05) is 6.07 Å². The third-order valence-corrected chi connectivity index (χ3v) is 5.24. The van der Waals surface area contributed by atoms with E-state index < -0.39 is 17.7 Å². The lowest BCUT2D eigenvalue weighted by atomic mass is 9.83. The first-order valence-electron chi connectivity index (χ1n) is 9.55. The van der Waals surface area contributed by atoms with Gasteiger partial charge in [-0.2, -0.15) is 0 Å². The second-order valence-corrected chi connectivity index (χ2v) is 7.17. The normalized spacial score (nSPS) is 15.3. The maximum absolute atomic E-state index is 13.6. The standard InChI is InChI=1S/C23H20FN3O4/c1-13-10-17-19(22(28)27(13)12-14-4-3-9-26-11-14)18(15-5-7-16(24)8-6-15)20(21(25)31-17)23(29)30-2/h3-11,18H,12,25H2,1-2H3. The van der Waals surface area contributed by atoms with Crippen molar-refractivity contribution in [3.05, 3.63) is 105 Å². The Hall–Kier alpha value is -3.94. The highest BCUT2D eigenvalue weighted by Crippen LogP contribution is 2.41. The largest absolute Gasteiger partial charge is 0.465 e. The molecular formula is C23H20FN3O4. The SMILES string of the molecule is COC(=O)C1=C(N)Oc2cc(C)n(Cc3cccnc3)c(=O)c2C1c1ccc(F)cc1. The van der Waals surface area contributed by atoms with E-state index in [1.165, 1.54) is 31.4 Å². The minimum atomic E-state index is -0.870. The fraction of sp³-hybridized carbons (Fsp3) is 0.174. The summed E-state index contributed by atoms with van der Waals surface area (Å²) in [5, 5.41) is 0. The Kier molecular flexibility index (Phi) is 5.29. The number of methoxy groups -OCH3 is 1. The van der Waals surface area contributed by atoms with E-state index in [2.05, 4.69) is 4.98 Å². The molecular weight excluding hydrogens is 401 g/mol. The number of fused-ring (bicyclic) bond motifs is 1. The number of nitrogens with two attached hydrogens (primary N) is 1. The molecule has 4 rings (SSSR count). The Bertz CT molecular complexity index is 1230. The molecule has 7 nitrogen and oxygen atoms in total. The second-order valence-electron chi connectivity index (χ2n) is 7.17. The number of carbonyl (C=O) groups excluding carboxylic acids is 1. The molecule has 1 aliphatic rings. The first-order chi connectivity index (χ1) is 14.9. The van der Waals surface area contributed by atoms with Gasteiger partial charge in [0.25, 0.3) is 5.56 Å². The quantitative estimate of drug-likeness (QED) is 0.651. The fourth-order valence-electron chi connectivity index (χ4n) is 3.75. The summed E-state index contributed by atoms with van der Waals surface area (Å²) in [5.41, 5.74) is 7.95. The summed E-state index contributed by atoms with van der Waals surface area (Å²) in [6.45, 7) is 2.07. The van der Waals surface area contributed by atoms with Gasteiger partial charge in [0.2, 0.25) is 5.88 Å². The summed E-state index contributed by atoms with van der Waals surface area (Å²) in [4.78, 5) is 30.3. The highest BCUT2D eigenvalue weighted by molar-refractivity contribution is 5.92. The molecule has 3 heterocycles. The lowest BCUT2D eigenvalue weighted by molar-refractivity contribution is -0.136. The molecule has 0 radical (unpaired) electrons. The molecule has 0 saturated heterocycles. The van der Waals surface area contributed by atoms with Gasteiger partial charge in [0.15, 0.2) is 0 Å². The van der Waals surface area contributed by atoms with Crippen LogP contribution in [-0.2, 0) is 16.1 Å². The van der Waals surface area contributed by atoms with E-state index in [9.17, 15) is 14.0 Å². The molecule has 0 saturated carbocycles. The number of halogens is 1. The average Bonchev–Trinajstić information content (AvgIpc) is 2.76. The molecule has 3 aromatic rings. The summed E-state index contributed by atoms with van der Waals surface area (Å²) < 4.78 is 25.7. The van der Waals surface area contributed by atoms with Gasteiger partial charge in [-0.1, -0.05) is 18.2 Å². The molecule has 31 heavy (non-hydrogen) atoms. The maximum Gasteiger partial charge on any atom is 0.340 e. The van der Waals surface area contributed by atoms with E-state index in [1.54, 1.807) is 36.0 Å². The van der Waals surface area contributed by atoms with Crippen LogP contribution >= 0.6 is 0 Å². The van der Waals surface area contributed by atoms with Crippen LogP contribution in [0.1, 0.15) is 28.3 Å². The van der Waals surface area contributed by atoms with Gasteiger partial charge in [-0.05, 0) is 36.2 Å². The molecule has 0 amide bonds. The molecule has 0 fully saturated rings. The van der Waals surface area contributed by atoms with Crippen molar-refractivity contribution in [2.45, 2.75) is 19.4 Å². The Morgan fingerprint density at radius 2 is 2.03 bits per heavy atom. The lowest BCUT2D eigenvalue weighted by Gasteiger charge is -2.29. The number of pyridine rings is 2. The first-order valence-corrected chi connectivity index (χ1v) is 9.55. The second kappa shape index (κ2) is 8.06. The van der Waals surface area contributed by atoms with Crippen LogP contribution in [0, 0.1) is 12.7 Å². The zero-order valence-corrected chi connectivity index (χ0v) is 17.0. The van der Waals surface area contributed by atoms with Crippen molar-refractivity contribution in [2.75, 3.05) is 7.11 Å². The van der Waals surface area contributed by atoms with E-state index in [0.29, 0.717) is 11.3 Å². The minimum absolute atomic E-state index is 0.00418. The van der Waals surface area contributed by atoms with Gasteiger partial charge in [-0.15, -0.1) is 0 Å². The maximum atomic E-state index is 13.6. The number of ether oxygens (including phenoxy) is 2. The van der Waals surface area contributed by atoms with Crippen LogP contribution in [0.25, 0.3) is 0 Å². The van der Waals surface area contributed by atoms with Gasteiger partial charge >= 0.3 is 5.97 Å². The van der Waals surface area contributed by atoms with Crippen LogP contribution in [0.2, 0.25) is 0 Å². The van der Waals surface area contributed by atoms with Gasteiger partial charge in [0.05, 0.1) is 25.1 Å². The number of rotatable bonds is 4. The zero-order chi connectivity index (χ0) is 22.1. The first kappa shape index (κ1) is 20.3. The molecule has 1 aliphatic heterocycles. The average molecular weight is 421 g/mol. The van der Waals surface area contributed by atoms with Crippen molar-refractivity contribution in [1.82, 2.24) is 9.55 Å². The van der Waals surface area contributed by atoms with Crippen molar-refractivity contribution in [1.29, 1.82) is 0 Å². The molecule has 0 bridgehead atoms. The van der Waals surface area contributed by atoms with E-state index in [0.717, 1.165) is 5.56 Å².